The fourth-order valence-electron chi connectivity index (χ4n) is 1.94. The maximum atomic E-state index is 10.7. The second-order valence-electron chi connectivity index (χ2n) is 3.94. The van der Waals surface area contributed by atoms with E-state index in [1.807, 2.05) is 30.7 Å². The van der Waals surface area contributed by atoms with Crippen LogP contribution in [0.3, 0.4) is 0 Å². The van der Waals surface area contributed by atoms with Crippen LogP contribution in [0.4, 0.5) is 5.69 Å². The summed E-state index contributed by atoms with van der Waals surface area (Å²) in [6, 6.07) is 6.54. The highest BCUT2D eigenvalue weighted by Gasteiger charge is 2.15. The quantitative estimate of drug-likeness (QED) is 0.457. The number of aromatic nitrogens is 1. The molecule has 1 aromatic heterocycles. The third kappa shape index (κ3) is 2.74. The van der Waals surface area contributed by atoms with Gasteiger partial charge in [-0.15, -0.1) is 0 Å². The maximum Gasteiger partial charge on any atom is 0.270 e. The first-order chi connectivity index (χ1) is 9.17. The van der Waals surface area contributed by atoms with Crippen LogP contribution in [-0.4, -0.2) is 22.7 Å². The molecule has 0 amide bonds. The van der Waals surface area contributed by atoms with Crippen LogP contribution in [0.25, 0.3) is 10.9 Å². The zero-order valence-electron chi connectivity index (χ0n) is 10.9. The number of non-ortho nitro benzene ring substituents is 1. The first kappa shape index (κ1) is 13.5. The van der Waals surface area contributed by atoms with Crippen LogP contribution in [0, 0.1) is 10.1 Å². The van der Waals surface area contributed by atoms with E-state index in [4.69, 9.17) is 9.47 Å². The van der Waals surface area contributed by atoms with Crippen LogP contribution in [0.15, 0.2) is 30.5 Å². The molecular formula is C13H16N2O4. The van der Waals surface area contributed by atoms with E-state index in [1.54, 1.807) is 12.1 Å². The van der Waals surface area contributed by atoms with Gasteiger partial charge in [0.25, 0.3) is 5.69 Å². The van der Waals surface area contributed by atoms with Crippen molar-refractivity contribution in [1.82, 2.24) is 4.57 Å². The van der Waals surface area contributed by atoms with Gasteiger partial charge in [-0.3, -0.25) is 14.7 Å². The number of nitro benzene ring substituents is 1. The van der Waals surface area contributed by atoms with Crippen molar-refractivity contribution in [1.29, 1.82) is 0 Å². The second-order valence-corrected chi connectivity index (χ2v) is 3.94. The molecule has 0 saturated carbocycles. The zero-order valence-corrected chi connectivity index (χ0v) is 10.9. The number of nitrogens with zero attached hydrogens (tertiary/aromatic N) is 2. The molecule has 0 aliphatic carbocycles. The molecule has 0 radical (unpaired) electrons. The van der Waals surface area contributed by atoms with E-state index in [-0.39, 0.29) is 5.69 Å². The number of nitro groups is 1. The van der Waals surface area contributed by atoms with Gasteiger partial charge in [0.2, 0.25) is 6.41 Å². The summed E-state index contributed by atoms with van der Waals surface area (Å²) in [5.74, 6) is 0. The summed E-state index contributed by atoms with van der Waals surface area (Å²) in [7, 11) is 0. The molecule has 0 fully saturated rings. The molecule has 0 N–H and O–H groups in total. The molecule has 1 heterocycles. The lowest BCUT2D eigenvalue weighted by Crippen LogP contribution is -2.15. The summed E-state index contributed by atoms with van der Waals surface area (Å²) in [4.78, 5) is 10.3. The Bertz CT molecular complexity index is 573. The monoisotopic (exact) mass is 264 g/mol. The van der Waals surface area contributed by atoms with Crippen molar-refractivity contribution in [3.8, 4) is 0 Å². The molecule has 0 saturated heterocycles. The van der Waals surface area contributed by atoms with Gasteiger partial charge in [0.05, 0.1) is 10.4 Å². The maximum absolute atomic E-state index is 10.7. The lowest BCUT2D eigenvalue weighted by atomic mass is 10.2. The summed E-state index contributed by atoms with van der Waals surface area (Å²) in [5, 5.41) is 11.5. The van der Waals surface area contributed by atoms with E-state index in [9.17, 15) is 10.1 Å². The fourth-order valence-corrected chi connectivity index (χ4v) is 1.94. The van der Waals surface area contributed by atoms with Crippen LogP contribution in [0.2, 0.25) is 0 Å². The van der Waals surface area contributed by atoms with Gasteiger partial charge >= 0.3 is 0 Å². The minimum Gasteiger partial charge on any atom is -0.335 e. The fraction of sp³-hybridized carbons (Fsp3) is 0.385. The van der Waals surface area contributed by atoms with Gasteiger partial charge in [0, 0.05) is 36.9 Å². The first-order valence-corrected chi connectivity index (χ1v) is 6.15. The summed E-state index contributed by atoms with van der Waals surface area (Å²) >= 11 is 0. The predicted molar refractivity (Wildman–Crippen MR) is 70.9 cm³/mol. The van der Waals surface area contributed by atoms with Gasteiger partial charge in [-0.2, -0.15) is 0 Å². The number of hydrogen-bond donors (Lipinski definition) is 0. The summed E-state index contributed by atoms with van der Waals surface area (Å²) in [5.41, 5.74) is 0.923. The Morgan fingerprint density at radius 3 is 2.53 bits per heavy atom. The average Bonchev–Trinajstić information content (AvgIpc) is 2.81. The predicted octanol–water partition coefficient (Wildman–Crippen LogP) is 3.08. The molecular weight excluding hydrogens is 248 g/mol. The van der Waals surface area contributed by atoms with Crippen molar-refractivity contribution in [3.63, 3.8) is 0 Å². The molecule has 0 aliphatic rings. The van der Waals surface area contributed by atoms with Gasteiger partial charge < -0.3 is 9.47 Å². The Morgan fingerprint density at radius 1 is 1.26 bits per heavy atom. The molecule has 102 valence electrons. The highest BCUT2D eigenvalue weighted by molar-refractivity contribution is 5.82. The zero-order chi connectivity index (χ0) is 13.8. The molecule has 0 aliphatic heterocycles. The Kier molecular flexibility index (Phi) is 4.13. The molecule has 0 spiro atoms. The Hall–Kier alpha value is -1.92. The molecule has 6 nitrogen and oxygen atoms in total. The largest absolute Gasteiger partial charge is 0.335 e. The topological polar surface area (TPSA) is 66.5 Å². The molecule has 0 bridgehead atoms. The third-order valence-electron chi connectivity index (χ3n) is 2.76. The van der Waals surface area contributed by atoms with Crippen LogP contribution >= 0.6 is 0 Å². The molecule has 19 heavy (non-hydrogen) atoms. The lowest BCUT2D eigenvalue weighted by Gasteiger charge is -2.19. The lowest BCUT2D eigenvalue weighted by molar-refractivity contribution is -0.384. The van der Waals surface area contributed by atoms with Gasteiger partial charge in [0.1, 0.15) is 0 Å². The number of fused-ring (bicyclic) bond motifs is 1. The molecule has 2 aromatic rings. The average molecular weight is 264 g/mol. The number of hydrogen-bond acceptors (Lipinski definition) is 4. The standard InChI is InChI=1S/C13H16N2O4/c1-3-18-13(19-4-2)14-8-7-10-9-11(15(16)17)5-6-12(10)14/h5-9,13H,3-4H2,1-2H3. The molecule has 0 unspecified atom stereocenters. The Morgan fingerprint density at radius 2 is 1.95 bits per heavy atom. The summed E-state index contributed by atoms with van der Waals surface area (Å²) < 4.78 is 12.9. The van der Waals surface area contributed by atoms with Gasteiger partial charge in [-0.25, -0.2) is 0 Å². The van der Waals surface area contributed by atoms with Crippen molar-refractivity contribution >= 4 is 16.6 Å². The molecule has 0 atom stereocenters. The smallest absolute Gasteiger partial charge is 0.270 e. The summed E-state index contributed by atoms with van der Waals surface area (Å²) in [6.07, 6.45) is 1.30. The minimum atomic E-state index is -0.506. The Balaban J connectivity index is 2.41. The normalized spacial score (nSPS) is 11.3. The van der Waals surface area contributed by atoms with E-state index in [1.165, 1.54) is 6.07 Å². The third-order valence-corrected chi connectivity index (χ3v) is 2.76. The van der Waals surface area contributed by atoms with Crippen LogP contribution in [0.1, 0.15) is 20.3 Å². The Labute approximate surface area is 110 Å². The number of rotatable bonds is 6. The van der Waals surface area contributed by atoms with E-state index >= 15 is 0 Å². The van der Waals surface area contributed by atoms with Crippen molar-refractivity contribution in [2.24, 2.45) is 0 Å². The molecule has 2 rings (SSSR count). The molecule has 6 heteroatoms. The van der Waals surface area contributed by atoms with Crippen molar-refractivity contribution in [2.75, 3.05) is 13.2 Å². The highest BCUT2D eigenvalue weighted by atomic mass is 16.7. The van der Waals surface area contributed by atoms with Crippen molar-refractivity contribution in [2.45, 2.75) is 20.3 Å². The first-order valence-electron chi connectivity index (χ1n) is 6.15. The van der Waals surface area contributed by atoms with Crippen LogP contribution in [-0.2, 0) is 9.47 Å². The van der Waals surface area contributed by atoms with E-state index in [0.717, 1.165) is 10.9 Å². The minimum absolute atomic E-state index is 0.0784. The van der Waals surface area contributed by atoms with Gasteiger partial charge in [-0.05, 0) is 26.0 Å². The van der Waals surface area contributed by atoms with Crippen molar-refractivity contribution in [3.05, 3.63) is 40.6 Å². The number of benzene rings is 1. The van der Waals surface area contributed by atoms with E-state index in [0.29, 0.717) is 13.2 Å². The molecule has 1 aromatic carbocycles. The van der Waals surface area contributed by atoms with Crippen LogP contribution < -0.4 is 0 Å². The van der Waals surface area contributed by atoms with Gasteiger partial charge in [0.15, 0.2) is 0 Å². The van der Waals surface area contributed by atoms with Gasteiger partial charge in [-0.1, -0.05) is 0 Å². The summed E-state index contributed by atoms with van der Waals surface area (Å²) in [6.45, 7) is 4.83. The number of ether oxygens (including phenoxy) is 2. The van der Waals surface area contributed by atoms with Crippen molar-refractivity contribution < 1.29 is 14.4 Å². The van der Waals surface area contributed by atoms with E-state index < -0.39 is 11.3 Å². The SMILES string of the molecule is CCOC(OCC)n1ccc2cc([N+](=O)[O-])ccc21. The highest BCUT2D eigenvalue weighted by Crippen LogP contribution is 2.25. The van der Waals surface area contributed by atoms with Crippen LogP contribution in [0.5, 0.6) is 0 Å². The van der Waals surface area contributed by atoms with E-state index in [2.05, 4.69) is 0 Å². The second kappa shape index (κ2) is 5.81.